The van der Waals surface area contributed by atoms with Crippen molar-refractivity contribution < 1.29 is 0 Å². The fourth-order valence-corrected chi connectivity index (χ4v) is 4.75. The molecule has 0 radical (unpaired) electrons. The van der Waals surface area contributed by atoms with Gasteiger partial charge in [0.2, 0.25) is 0 Å². The summed E-state index contributed by atoms with van der Waals surface area (Å²) in [6.07, 6.45) is 2.57. The fraction of sp³-hybridized carbons (Fsp3) is 0.167. The molecule has 2 nitrogen and oxygen atoms in total. The number of anilines is 1. The number of H-pyrrole nitrogens is 1. The highest BCUT2D eigenvalue weighted by molar-refractivity contribution is 7.99. The van der Waals surface area contributed by atoms with Gasteiger partial charge in [0.25, 0.3) is 0 Å². The quantitative estimate of drug-likeness (QED) is 0.437. The van der Waals surface area contributed by atoms with Gasteiger partial charge in [-0.1, -0.05) is 48.2 Å². The number of fused-ring (bicyclic) bond motifs is 1. The fourth-order valence-electron chi connectivity index (χ4n) is 3.87. The summed E-state index contributed by atoms with van der Waals surface area (Å²) in [5.41, 5.74) is 5.04. The predicted molar refractivity (Wildman–Crippen MR) is 116 cm³/mol. The van der Waals surface area contributed by atoms with Crippen LogP contribution in [0.2, 0.25) is 0 Å². The highest BCUT2D eigenvalue weighted by Crippen LogP contribution is 2.38. The molecule has 134 valence electrons. The largest absolute Gasteiger partial charge is 0.371 e. The highest BCUT2D eigenvalue weighted by Gasteiger charge is 2.18. The van der Waals surface area contributed by atoms with Crippen LogP contribution >= 0.6 is 11.8 Å². The standard InChI is InChI=1S/C24H22N2S/c1-2-9-19(10-3-1)27-20-12-13-24(26-14-6-7-15-26)21(17-20)23-16-18-8-4-5-11-22(18)25-23/h1-5,8-13,16-17,25H,6-7,14-15H2. The number of benzene rings is 3. The molecular weight excluding hydrogens is 348 g/mol. The number of nitrogens with one attached hydrogen (secondary N) is 1. The Morgan fingerprint density at radius 3 is 2.33 bits per heavy atom. The summed E-state index contributed by atoms with van der Waals surface area (Å²) in [6.45, 7) is 2.30. The normalized spacial score (nSPS) is 14.1. The maximum absolute atomic E-state index is 3.63. The van der Waals surface area contributed by atoms with Crippen LogP contribution in [0, 0.1) is 0 Å². The van der Waals surface area contributed by atoms with Gasteiger partial charge >= 0.3 is 0 Å². The van der Waals surface area contributed by atoms with E-state index in [0.29, 0.717) is 0 Å². The monoisotopic (exact) mass is 370 g/mol. The third-order valence-corrected chi connectivity index (χ3v) is 6.21. The summed E-state index contributed by atoms with van der Waals surface area (Å²) in [5.74, 6) is 0. The lowest BCUT2D eigenvalue weighted by molar-refractivity contribution is 0.949. The van der Waals surface area contributed by atoms with Crippen LogP contribution in [0.3, 0.4) is 0 Å². The van der Waals surface area contributed by atoms with Crippen LogP contribution in [0.15, 0.2) is 88.7 Å². The number of aromatic nitrogens is 1. The lowest BCUT2D eigenvalue weighted by Crippen LogP contribution is -2.18. The summed E-state index contributed by atoms with van der Waals surface area (Å²) < 4.78 is 0. The highest BCUT2D eigenvalue weighted by atomic mass is 32.2. The minimum Gasteiger partial charge on any atom is -0.371 e. The summed E-state index contributed by atoms with van der Waals surface area (Å²) in [6, 6.07) is 28.3. The van der Waals surface area contributed by atoms with Crippen LogP contribution in [0.25, 0.3) is 22.2 Å². The Hall–Kier alpha value is -2.65. The van der Waals surface area contributed by atoms with Crippen LogP contribution < -0.4 is 4.90 Å². The number of para-hydroxylation sites is 1. The Labute approximate surface area is 164 Å². The van der Waals surface area contributed by atoms with Crippen molar-refractivity contribution in [2.75, 3.05) is 18.0 Å². The van der Waals surface area contributed by atoms with E-state index in [1.807, 2.05) is 11.8 Å². The van der Waals surface area contributed by atoms with Crippen LogP contribution in [0.5, 0.6) is 0 Å². The number of aromatic amines is 1. The van der Waals surface area contributed by atoms with E-state index in [1.54, 1.807) is 0 Å². The number of hydrogen-bond donors (Lipinski definition) is 1. The predicted octanol–water partition coefficient (Wildman–Crippen LogP) is 6.59. The Morgan fingerprint density at radius 2 is 1.52 bits per heavy atom. The molecule has 0 amide bonds. The first-order valence-electron chi connectivity index (χ1n) is 9.57. The first-order valence-corrected chi connectivity index (χ1v) is 10.4. The zero-order chi connectivity index (χ0) is 18.1. The van der Waals surface area contributed by atoms with E-state index in [0.717, 1.165) is 13.1 Å². The molecular formula is C24H22N2S. The van der Waals surface area contributed by atoms with Crippen molar-refractivity contribution in [2.24, 2.45) is 0 Å². The molecule has 3 aromatic carbocycles. The number of rotatable bonds is 4. The third-order valence-electron chi connectivity index (χ3n) is 5.21. The maximum atomic E-state index is 3.63. The van der Waals surface area contributed by atoms with Gasteiger partial charge in [0.15, 0.2) is 0 Å². The van der Waals surface area contributed by atoms with Crippen LogP contribution in [0.1, 0.15) is 12.8 Å². The number of hydrogen-bond acceptors (Lipinski definition) is 2. The Kier molecular flexibility index (Phi) is 4.38. The molecule has 2 heterocycles. The van der Waals surface area contributed by atoms with Gasteiger partial charge in [-0.15, -0.1) is 0 Å². The third kappa shape index (κ3) is 3.35. The minimum absolute atomic E-state index is 1.15. The molecule has 0 atom stereocenters. The van der Waals surface area contributed by atoms with Crippen molar-refractivity contribution in [3.05, 3.63) is 78.9 Å². The molecule has 0 aliphatic carbocycles. The van der Waals surface area contributed by atoms with Gasteiger partial charge < -0.3 is 9.88 Å². The van der Waals surface area contributed by atoms with Crippen molar-refractivity contribution in [3.63, 3.8) is 0 Å². The molecule has 0 saturated carbocycles. The molecule has 0 bridgehead atoms. The molecule has 4 aromatic rings. The van der Waals surface area contributed by atoms with E-state index in [-0.39, 0.29) is 0 Å². The summed E-state index contributed by atoms with van der Waals surface area (Å²) >= 11 is 1.82. The van der Waals surface area contributed by atoms with Gasteiger partial charge in [-0.2, -0.15) is 0 Å². The SMILES string of the molecule is c1ccc(Sc2ccc(N3CCCC3)c(-c3cc4ccccc4[nH]3)c2)cc1. The van der Waals surface area contributed by atoms with Gasteiger partial charge in [-0.3, -0.25) is 0 Å². The van der Waals surface area contributed by atoms with E-state index < -0.39 is 0 Å². The second-order valence-corrected chi connectivity index (χ2v) is 8.21. The van der Waals surface area contributed by atoms with E-state index in [4.69, 9.17) is 0 Å². The molecule has 1 aliphatic heterocycles. The molecule has 5 rings (SSSR count). The molecule has 3 heteroatoms. The zero-order valence-corrected chi connectivity index (χ0v) is 16.0. The van der Waals surface area contributed by atoms with Crippen LogP contribution in [-0.4, -0.2) is 18.1 Å². The second-order valence-electron chi connectivity index (χ2n) is 7.06. The van der Waals surface area contributed by atoms with Crippen molar-refractivity contribution in [2.45, 2.75) is 22.6 Å². The molecule has 1 aliphatic rings. The average molecular weight is 371 g/mol. The van der Waals surface area contributed by atoms with Crippen molar-refractivity contribution in [1.29, 1.82) is 0 Å². The van der Waals surface area contributed by atoms with Gasteiger partial charge in [0, 0.05) is 50.7 Å². The summed E-state index contributed by atoms with van der Waals surface area (Å²) in [5, 5.41) is 1.26. The van der Waals surface area contributed by atoms with E-state index in [2.05, 4.69) is 88.7 Å². The summed E-state index contributed by atoms with van der Waals surface area (Å²) in [7, 11) is 0. The van der Waals surface area contributed by atoms with E-state index in [1.165, 1.54) is 50.5 Å². The summed E-state index contributed by atoms with van der Waals surface area (Å²) in [4.78, 5) is 8.70. The lowest BCUT2D eigenvalue weighted by Gasteiger charge is -2.22. The van der Waals surface area contributed by atoms with Crippen LogP contribution in [-0.2, 0) is 0 Å². The zero-order valence-electron chi connectivity index (χ0n) is 15.2. The van der Waals surface area contributed by atoms with Crippen LogP contribution in [0.4, 0.5) is 5.69 Å². The van der Waals surface area contributed by atoms with Gasteiger partial charge in [0.1, 0.15) is 0 Å². The Morgan fingerprint density at radius 1 is 0.741 bits per heavy atom. The Balaban J connectivity index is 1.59. The minimum atomic E-state index is 1.15. The first-order chi connectivity index (χ1) is 13.4. The van der Waals surface area contributed by atoms with Crippen molar-refractivity contribution >= 4 is 28.4 Å². The molecule has 27 heavy (non-hydrogen) atoms. The smallest absolute Gasteiger partial charge is 0.0486 e. The number of nitrogens with zero attached hydrogens (tertiary/aromatic N) is 1. The molecule has 1 N–H and O–H groups in total. The Bertz CT molecular complexity index is 1030. The molecule has 0 spiro atoms. The van der Waals surface area contributed by atoms with Crippen molar-refractivity contribution in [1.82, 2.24) is 4.98 Å². The maximum Gasteiger partial charge on any atom is 0.0486 e. The molecule has 0 unspecified atom stereocenters. The molecule has 1 saturated heterocycles. The van der Waals surface area contributed by atoms with Gasteiger partial charge in [-0.05, 0) is 55.3 Å². The van der Waals surface area contributed by atoms with E-state index >= 15 is 0 Å². The van der Waals surface area contributed by atoms with E-state index in [9.17, 15) is 0 Å². The molecule has 1 aromatic heterocycles. The molecule has 1 fully saturated rings. The second kappa shape index (κ2) is 7.16. The van der Waals surface area contributed by atoms with Gasteiger partial charge in [0.05, 0.1) is 0 Å². The lowest BCUT2D eigenvalue weighted by atomic mass is 10.1. The van der Waals surface area contributed by atoms with Crippen molar-refractivity contribution in [3.8, 4) is 11.3 Å². The average Bonchev–Trinajstić information content (AvgIpc) is 3.38. The first kappa shape index (κ1) is 16.5. The van der Waals surface area contributed by atoms with Gasteiger partial charge in [-0.25, -0.2) is 0 Å². The topological polar surface area (TPSA) is 19.0 Å².